The van der Waals surface area contributed by atoms with Crippen LogP contribution in [0.2, 0.25) is 0 Å². The summed E-state index contributed by atoms with van der Waals surface area (Å²) in [7, 11) is 0. The third kappa shape index (κ3) is 2.38. The normalized spacial score (nSPS) is 12.2. The Bertz CT molecular complexity index is 685. The van der Waals surface area contributed by atoms with Gasteiger partial charge in [-0.3, -0.25) is 4.79 Å². The topological polar surface area (TPSA) is 64.8 Å². The summed E-state index contributed by atoms with van der Waals surface area (Å²) in [4.78, 5) is 14.3. The van der Waals surface area contributed by atoms with Crippen LogP contribution in [-0.2, 0) is 0 Å². The van der Waals surface area contributed by atoms with Gasteiger partial charge in [-0.1, -0.05) is 12.1 Å². The van der Waals surface area contributed by atoms with Gasteiger partial charge in [0.2, 0.25) is 6.79 Å². The quantitative estimate of drug-likeness (QED) is 0.880. The molecule has 0 atom stereocenters. The van der Waals surface area contributed by atoms with Gasteiger partial charge in [0, 0.05) is 12.1 Å². The van der Waals surface area contributed by atoms with E-state index in [1.54, 1.807) is 29.2 Å². The lowest BCUT2D eigenvalue weighted by molar-refractivity contribution is 0.0988. The van der Waals surface area contributed by atoms with Crippen molar-refractivity contribution in [3.63, 3.8) is 0 Å². The van der Waals surface area contributed by atoms with Gasteiger partial charge in [0.05, 0.1) is 11.4 Å². The summed E-state index contributed by atoms with van der Waals surface area (Å²) < 4.78 is 10.6. The van der Waals surface area contributed by atoms with E-state index in [2.05, 4.69) is 0 Å². The number of rotatable bonds is 3. The van der Waals surface area contributed by atoms with Gasteiger partial charge in [-0.25, -0.2) is 0 Å². The molecule has 1 amide bonds. The van der Waals surface area contributed by atoms with E-state index in [1.165, 1.54) is 0 Å². The highest BCUT2D eigenvalue weighted by Crippen LogP contribution is 2.33. The summed E-state index contributed by atoms with van der Waals surface area (Å²) in [5, 5.41) is 0. The fraction of sp³-hybridized carbons (Fsp3) is 0.188. The molecule has 2 aromatic rings. The molecule has 0 saturated carbocycles. The van der Waals surface area contributed by atoms with Crippen molar-refractivity contribution in [2.24, 2.45) is 0 Å². The second-order valence-electron chi connectivity index (χ2n) is 4.68. The Kier molecular flexibility index (Phi) is 3.39. The zero-order valence-corrected chi connectivity index (χ0v) is 11.7. The van der Waals surface area contributed by atoms with E-state index in [0.717, 1.165) is 0 Å². The maximum absolute atomic E-state index is 12.7. The van der Waals surface area contributed by atoms with Gasteiger partial charge in [0.15, 0.2) is 11.5 Å². The molecule has 1 aliphatic heterocycles. The maximum atomic E-state index is 12.7. The van der Waals surface area contributed by atoms with E-state index in [-0.39, 0.29) is 12.7 Å². The minimum Gasteiger partial charge on any atom is -0.454 e. The zero-order chi connectivity index (χ0) is 14.8. The molecule has 21 heavy (non-hydrogen) atoms. The van der Waals surface area contributed by atoms with Crippen LogP contribution in [0.25, 0.3) is 0 Å². The Morgan fingerprint density at radius 2 is 1.95 bits per heavy atom. The fourth-order valence-corrected chi connectivity index (χ4v) is 2.34. The van der Waals surface area contributed by atoms with E-state index in [1.807, 2.05) is 25.1 Å². The highest BCUT2D eigenvalue weighted by Gasteiger charge is 2.21. The largest absolute Gasteiger partial charge is 0.454 e. The number of carbonyl (C=O) groups excluding carboxylic acids is 1. The number of nitrogen functional groups attached to an aromatic ring is 1. The van der Waals surface area contributed by atoms with Crippen LogP contribution >= 0.6 is 0 Å². The monoisotopic (exact) mass is 284 g/mol. The van der Waals surface area contributed by atoms with Crippen LogP contribution in [0.4, 0.5) is 11.4 Å². The van der Waals surface area contributed by atoms with Crippen molar-refractivity contribution >= 4 is 17.3 Å². The highest BCUT2D eigenvalue weighted by atomic mass is 16.7. The number of anilines is 2. The molecule has 0 radical (unpaired) electrons. The van der Waals surface area contributed by atoms with Crippen molar-refractivity contribution in [3.8, 4) is 11.5 Å². The Labute approximate surface area is 122 Å². The number of nitrogens with two attached hydrogens (primary N) is 1. The summed E-state index contributed by atoms with van der Waals surface area (Å²) >= 11 is 0. The van der Waals surface area contributed by atoms with Crippen LogP contribution in [0.5, 0.6) is 11.5 Å². The molecular weight excluding hydrogens is 268 g/mol. The Morgan fingerprint density at radius 1 is 1.19 bits per heavy atom. The molecule has 2 aromatic carbocycles. The first-order valence-corrected chi connectivity index (χ1v) is 6.76. The third-order valence-corrected chi connectivity index (χ3v) is 3.41. The number of para-hydroxylation sites is 2. The predicted octanol–water partition coefficient (Wildman–Crippen LogP) is 2.66. The number of amides is 1. The molecule has 108 valence electrons. The molecule has 0 fully saturated rings. The molecule has 0 bridgehead atoms. The van der Waals surface area contributed by atoms with E-state index >= 15 is 0 Å². The number of benzene rings is 2. The molecule has 5 heteroatoms. The third-order valence-electron chi connectivity index (χ3n) is 3.41. The van der Waals surface area contributed by atoms with Crippen molar-refractivity contribution < 1.29 is 14.3 Å². The summed E-state index contributed by atoms with van der Waals surface area (Å²) in [5.41, 5.74) is 7.80. The first-order valence-electron chi connectivity index (χ1n) is 6.76. The molecular formula is C16H16N2O3. The summed E-state index contributed by atoms with van der Waals surface area (Å²) in [6, 6.07) is 12.5. The van der Waals surface area contributed by atoms with Crippen LogP contribution in [0.3, 0.4) is 0 Å². The van der Waals surface area contributed by atoms with Gasteiger partial charge in [0.25, 0.3) is 5.91 Å². The Balaban J connectivity index is 1.94. The Hall–Kier alpha value is -2.69. The second-order valence-corrected chi connectivity index (χ2v) is 4.68. The predicted molar refractivity (Wildman–Crippen MR) is 80.8 cm³/mol. The summed E-state index contributed by atoms with van der Waals surface area (Å²) in [5.74, 6) is 1.14. The SMILES string of the molecule is CCN(C(=O)c1ccc2c(c1)OCO2)c1ccccc1N. The van der Waals surface area contributed by atoms with Crippen LogP contribution in [0.1, 0.15) is 17.3 Å². The van der Waals surface area contributed by atoms with E-state index in [4.69, 9.17) is 15.2 Å². The zero-order valence-electron chi connectivity index (χ0n) is 11.7. The number of ether oxygens (including phenoxy) is 2. The number of fused-ring (bicyclic) bond motifs is 1. The van der Waals surface area contributed by atoms with Crippen LogP contribution in [0, 0.1) is 0 Å². The molecule has 0 aromatic heterocycles. The lowest BCUT2D eigenvalue weighted by Gasteiger charge is -2.22. The van der Waals surface area contributed by atoms with E-state index in [9.17, 15) is 4.79 Å². The van der Waals surface area contributed by atoms with Crippen LogP contribution in [-0.4, -0.2) is 19.2 Å². The number of hydrogen-bond acceptors (Lipinski definition) is 4. The molecule has 0 saturated heterocycles. The summed E-state index contributed by atoms with van der Waals surface area (Å²) in [6.07, 6.45) is 0. The lowest BCUT2D eigenvalue weighted by Crippen LogP contribution is -2.31. The molecule has 3 rings (SSSR count). The standard InChI is InChI=1S/C16H16N2O3/c1-2-18(13-6-4-3-5-12(13)17)16(19)11-7-8-14-15(9-11)21-10-20-14/h3-9H,2,10,17H2,1H3. The van der Waals surface area contributed by atoms with Gasteiger partial charge in [-0.2, -0.15) is 0 Å². The number of hydrogen-bond donors (Lipinski definition) is 1. The molecule has 0 aliphatic carbocycles. The van der Waals surface area contributed by atoms with Gasteiger partial charge >= 0.3 is 0 Å². The van der Waals surface area contributed by atoms with Gasteiger partial charge in [0.1, 0.15) is 0 Å². The van der Waals surface area contributed by atoms with Crippen LogP contribution < -0.4 is 20.1 Å². The summed E-state index contributed by atoms with van der Waals surface area (Å²) in [6.45, 7) is 2.63. The molecule has 0 unspecified atom stereocenters. The van der Waals surface area contributed by atoms with E-state index < -0.39 is 0 Å². The van der Waals surface area contributed by atoms with Crippen molar-refractivity contribution in [2.75, 3.05) is 24.0 Å². The lowest BCUT2D eigenvalue weighted by atomic mass is 10.1. The average molecular weight is 284 g/mol. The van der Waals surface area contributed by atoms with Crippen LogP contribution in [0.15, 0.2) is 42.5 Å². The first-order chi connectivity index (χ1) is 10.2. The number of nitrogens with zero attached hydrogens (tertiary/aromatic N) is 1. The average Bonchev–Trinajstić information content (AvgIpc) is 2.97. The molecule has 1 aliphatic rings. The molecule has 1 heterocycles. The van der Waals surface area contributed by atoms with E-state index in [0.29, 0.717) is 35.0 Å². The fourth-order valence-electron chi connectivity index (χ4n) is 2.34. The second kappa shape index (κ2) is 5.36. The van der Waals surface area contributed by atoms with Gasteiger partial charge < -0.3 is 20.1 Å². The number of carbonyl (C=O) groups is 1. The minimum absolute atomic E-state index is 0.117. The molecule has 2 N–H and O–H groups in total. The van der Waals surface area contributed by atoms with Gasteiger partial charge in [-0.15, -0.1) is 0 Å². The smallest absolute Gasteiger partial charge is 0.258 e. The first kappa shape index (κ1) is 13.3. The minimum atomic E-state index is -0.117. The van der Waals surface area contributed by atoms with Crippen molar-refractivity contribution in [1.82, 2.24) is 0 Å². The Morgan fingerprint density at radius 3 is 2.71 bits per heavy atom. The van der Waals surface area contributed by atoms with Crippen molar-refractivity contribution in [2.45, 2.75) is 6.92 Å². The van der Waals surface area contributed by atoms with Crippen molar-refractivity contribution in [1.29, 1.82) is 0 Å². The van der Waals surface area contributed by atoms with Gasteiger partial charge in [-0.05, 0) is 37.3 Å². The highest BCUT2D eigenvalue weighted by molar-refractivity contribution is 6.07. The molecule has 5 nitrogen and oxygen atoms in total. The molecule has 0 spiro atoms. The maximum Gasteiger partial charge on any atom is 0.258 e. The van der Waals surface area contributed by atoms with Crippen molar-refractivity contribution in [3.05, 3.63) is 48.0 Å².